The fraction of sp³-hybridized carbons (Fsp3) is 0.120. The molecule has 1 aliphatic rings. The largest absolute Gasteiger partial charge is 0.493 e. The number of rotatable bonds is 7. The Morgan fingerprint density at radius 2 is 1.82 bits per heavy atom. The Morgan fingerprint density at radius 3 is 2.53 bits per heavy atom. The van der Waals surface area contributed by atoms with Gasteiger partial charge in [0, 0.05) is 15.1 Å². The molecule has 4 rings (SSSR count). The standard InChI is InChI=1S/C25H19BrClFN2O4/c1-33-22-11-17(19(26)12-23(22)34-14-16-4-2-3-5-20(16)28)10-21-24(31)30(25(32)29-21)13-15-6-8-18(27)9-7-15/h2-12H,13-14H2,1H3,(H,29,32)/b21-10-. The Labute approximate surface area is 209 Å². The summed E-state index contributed by atoms with van der Waals surface area (Å²) < 4.78 is 25.7. The second-order valence-electron chi connectivity index (χ2n) is 7.41. The van der Waals surface area contributed by atoms with Gasteiger partial charge in [0.1, 0.15) is 18.1 Å². The van der Waals surface area contributed by atoms with Crippen LogP contribution in [0.4, 0.5) is 9.18 Å². The molecule has 1 aliphatic heterocycles. The molecular formula is C25H19BrClFN2O4. The highest BCUT2D eigenvalue weighted by Crippen LogP contribution is 2.35. The van der Waals surface area contributed by atoms with Crippen molar-refractivity contribution in [1.82, 2.24) is 10.2 Å². The lowest BCUT2D eigenvalue weighted by Gasteiger charge is -2.13. The first-order chi connectivity index (χ1) is 16.4. The van der Waals surface area contributed by atoms with Crippen LogP contribution >= 0.6 is 27.5 Å². The van der Waals surface area contributed by atoms with Crippen LogP contribution in [0.1, 0.15) is 16.7 Å². The molecule has 0 atom stereocenters. The Bertz CT molecular complexity index is 1280. The second kappa shape index (κ2) is 10.3. The number of carbonyl (C=O) groups is 2. The van der Waals surface area contributed by atoms with Crippen LogP contribution < -0.4 is 14.8 Å². The Hall–Kier alpha value is -3.36. The number of carbonyl (C=O) groups excluding carboxylic acids is 2. The van der Waals surface area contributed by atoms with E-state index in [0.717, 1.165) is 10.5 Å². The summed E-state index contributed by atoms with van der Waals surface area (Å²) in [5, 5.41) is 3.17. The number of amides is 3. The van der Waals surface area contributed by atoms with Crippen molar-refractivity contribution in [3.63, 3.8) is 0 Å². The molecule has 0 radical (unpaired) electrons. The van der Waals surface area contributed by atoms with Crippen molar-refractivity contribution in [1.29, 1.82) is 0 Å². The number of imide groups is 1. The van der Waals surface area contributed by atoms with Gasteiger partial charge >= 0.3 is 6.03 Å². The van der Waals surface area contributed by atoms with Crippen LogP contribution in [0.15, 0.2) is 70.8 Å². The maximum absolute atomic E-state index is 13.9. The summed E-state index contributed by atoms with van der Waals surface area (Å²) >= 11 is 9.36. The number of hydrogen-bond acceptors (Lipinski definition) is 4. The fourth-order valence-electron chi connectivity index (χ4n) is 3.35. The van der Waals surface area contributed by atoms with Gasteiger partial charge in [0.25, 0.3) is 5.91 Å². The van der Waals surface area contributed by atoms with E-state index in [2.05, 4.69) is 21.2 Å². The summed E-state index contributed by atoms with van der Waals surface area (Å²) in [7, 11) is 1.48. The van der Waals surface area contributed by atoms with Crippen molar-refractivity contribution in [3.05, 3.63) is 98.4 Å². The molecule has 1 fully saturated rings. The first-order valence-corrected chi connectivity index (χ1v) is 11.4. The number of benzene rings is 3. The van der Waals surface area contributed by atoms with Crippen LogP contribution in [0, 0.1) is 5.82 Å². The number of nitrogens with zero attached hydrogens (tertiary/aromatic N) is 1. The predicted molar refractivity (Wildman–Crippen MR) is 130 cm³/mol. The van der Waals surface area contributed by atoms with Crippen molar-refractivity contribution < 1.29 is 23.5 Å². The van der Waals surface area contributed by atoms with Gasteiger partial charge in [-0.05, 0) is 47.5 Å². The lowest BCUT2D eigenvalue weighted by molar-refractivity contribution is -0.123. The molecule has 0 aromatic heterocycles. The van der Waals surface area contributed by atoms with Crippen molar-refractivity contribution >= 4 is 45.5 Å². The summed E-state index contributed by atoms with van der Waals surface area (Å²) in [6.45, 7) is 0.136. The van der Waals surface area contributed by atoms with Crippen molar-refractivity contribution in [3.8, 4) is 11.5 Å². The van der Waals surface area contributed by atoms with Crippen molar-refractivity contribution in [2.45, 2.75) is 13.2 Å². The number of hydrogen-bond donors (Lipinski definition) is 1. The average Bonchev–Trinajstić information content (AvgIpc) is 3.08. The molecule has 6 nitrogen and oxygen atoms in total. The molecule has 34 heavy (non-hydrogen) atoms. The van der Waals surface area contributed by atoms with Crippen LogP contribution in [0.5, 0.6) is 11.5 Å². The van der Waals surface area contributed by atoms with Crippen LogP contribution in [-0.4, -0.2) is 23.9 Å². The van der Waals surface area contributed by atoms with E-state index >= 15 is 0 Å². The minimum atomic E-state index is -0.515. The first-order valence-electron chi connectivity index (χ1n) is 10.2. The van der Waals surface area contributed by atoms with Crippen LogP contribution in [0.3, 0.4) is 0 Å². The molecule has 3 aromatic carbocycles. The SMILES string of the molecule is COc1cc(/C=C2\NC(=O)N(Cc3ccc(Cl)cc3)C2=O)c(Br)cc1OCc1ccccc1F. The molecule has 174 valence electrons. The minimum absolute atomic E-state index is 0.0180. The van der Waals surface area contributed by atoms with Gasteiger partial charge in [-0.3, -0.25) is 9.69 Å². The molecule has 0 unspecified atom stereocenters. The number of halogens is 3. The summed E-state index contributed by atoms with van der Waals surface area (Å²) in [4.78, 5) is 26.4. The van der Waals surface area contributed by atoms with Gasteiger partial charge < -0.3 is 14.8 Å². The van der Waals surface area contributed by atoms with Gasteiger partial charge in [-0.15, -0.1) is 0 Å². The third-order valence-corrected chi connectivity index (χ3v) is 6.08. The molecule has 0 aliphatic carbocycles. The van der Waals surface area contributed by atoms with E-state index in [1.54, 1.807) is 60.7 Å². The maximum Gasteiger partial charge on any atom is 0.329 e. The lowest BCUT2D eigenvalue weighted by atomic mass is 10.1. The van der Waals surface area contributed by atoms with Gasteiger partial charge in [-0.2, -0.15) is 0 Å². The highest BCUT2D eigenvalue weighted by atomic mass is 79.9. The van der Waals surface area contributed by atoms with Gasteiger partial charge in [-0.25, -0.2) is 9.18 Å². The van der Waals surface area contributed by atoms with Crippen molar-refractivity contribution in [2.24, 2.45) is 0 Å². The predicted octanol–water partition coefficient (Wildman–Crippen LogP) is 5.92. The highest BCUT2D eigenvalue weighted by Gasteiger charge is 2.33. The van der Waals surface area contributed by atoms with E-state index in [-0.39, 0.29) is 24.7 Å². The first kappa shape index (κ1) is 23.8. The van der Waals surface area contributed by atoms with Gasteiger partial charge in [0.05, 0.1) is 13.7 Å². The summed E-state index contributed by atoms with van der Waals surface area (Å²) in [5.74, 6) is -0.0293. The second-order valence-corrected chi connectivity index (χ2v) is 8.70. The Balaban J connectivity index is 1.54. The van der Waals surface area contributed by atoms with Gasteiger partial charge in [-0.1, -0.05) is 57.9 Å². The van der Waals surface area contributed by atoms with E-state index in [9.17, 15) is 14.0 Å². The molecular weight excluding hydrogens is 527 g/mol. The quantitative estimate of drug-likeness (QED) is 0.296. The van der Waals surface area contributed by atoms with E-state index in [0.29, 0.717) is 32.1 Å². The molecule has 1 heterocycles. The smallest absolute Gasteiger partial charge is 0.329 e. The van der Waals surface area contributed by atoms with Gasteiger partial charge in [0.15, 0.2) is 11.5 Å². The molecule has 0 bridgehead atoms. The van der Waals surface area contributed by atoms with Crippen LogP contribution in [0.25, 0.3) is 6.08 Å². The molecule has 9 heteroatoms. The normalized spacial score (nSPS) is 14.5. The topological polar surface area (TPSA) is 67.9 Å². The molecule has 1 N–H and O–H groups in total. The molecule has 3 amide bonds. The number of ether oxygens (including phenoxy) is 2. The number of nitrogens with one attached hydrogen (secondary N) is 1. The zero-order valence-electron chi connectivity index (χ0n) is 18.0. The summed E-state index contributed by atoms with van der Waals surface area (Å²) in [6.07, 6.45) is 1.55. The van der Waals surface area contributed by atoms with E-state index < -0.39 is 11.9 Å². The van der Waals surface area contributed by atoms with E-state index in [1.807, 2.05) is 0 Å². The monoisotopic (exact) mass is 544 g/mol. The van der Waals surface area contributed by atoms with E-state index in [4.69, 9.17) is 21.1 Å². The molecule has 3 aromatic rings. The lowest BCUT2D eigenvalue weighted by Crippen LogP contribution is -2.30. The zero-order chi connectivity index (χ0) is 24.2. The van der Waals surface area contributed by atoms with Gasteiger partial charge in [0.2, 0.25) is 0 Å². The third-order valence-electron chi connectivity index (χ3n) is 5.14. The minimum Gasteiger partial charge on any atom is -0.493 e. The van der Waals surface area contributed by atoms with Crippen LogP contribution in [-0.2, 0) is 17.9 Å². The fourth-order valence-corrected chi connectivity index (χ4v) is 3.91. The molecule has 1 saturated heterocycles. The van der Waals surface area contributed by atoms with Crippen molar-refractivity contribution in [2.75, 3.05) is 7.11 Å². The Morgan fingerprint density at radius 1 is 1.09 bits per heavy atom. The molecule has 0 saturated carbocycles. The van der Waals surface area contributed by atoms with E-state index in [1.165, 1.54) is 13.2 Å². The maximum atomic E-state index is 13.9. The summed E-state index contributed by atoms with van der Waals surface area (Å²) in [6, 6.07) is 16.1. The Kier molecular flexibility index (Phi) is 7.19. The number of methoxy groups -OCH3 is 1. The highest BCUT2D eigenvalue weighted by molar-refractivity contribution is 9.10. The summed E-state index contributed by atoms with van der Waals surface area (Å²) in [5.41, 5.74) is 1.90. The van der Waals surface area contributed by atoms with Crippen LogP contribution in [0.2, 0.25) is 5.02 Å². The number of urea groups is 1. The average molecular weight is 546 g/mol. The zero-order valence-corrected chi connectivity index (χ0v) is 20.3. The third kappa shape index (κ3) is 5.24. The molecule has 0 spiro atoms.